The Balaban J connectivity index is 1.21. The van der Waals surface area contributed by atoms with Crippen LogP contribution in [0.25, 0.3) is 11.0 Å². The summed E-state index contributed by atoms with van der Waals surface area (Å²) in [5.41, 5.74) is 3.99. The van der Waals surface area contributed by atoms with E-state index in [1.807, 2.05) is 30.3 Å². The van der Waals surface area contributed by atoms with Gasteiger partial charge in [-0.3, -0.25) is 18.8 Å². The lowest BCUT2D eigenvalue weighted by Gasteiger charge is -2.25. The van der Waals surface area contributed by atoms with Crippen LogP contribution in [-0.4, -0.2) is 31.5 Å². The van der Waals surface area contributed by atoms with Gasteiger partial charge in [0.15, 0.2) is 5.13 Å². The summed E-state index contributed by atoms with van der Waals surface area (Å²) in [5.74, 6) is -0.128. The number of hydrogen-bond donors (Lipinski definition) is 1. The Morgan fingerprint density at radius 3 is 2.66 bits per heavy atom. The average molecular weight is 448 g/mol. The fraction of sp³-hybridized carbons (Fsp3) is 0.292. The molecule has 0 atom stereocenters. The van der Waals surface area contributed by atoms with Crippen LogP contribution in [0, 0.1) is 0 Å². The maximum Gasteiger partial charge on any atom is 0.328 e. The number of aryl methyl sites for hydroxylation is 2. The minimum absolute atomic E-state index is 0.109. The molecule has 32 heavy (non-hydrogen) atoms. The molecule has 1 aliphatic rings. The van der Waals surface area contributed by atoms with Gasteiger partial charge in [0.25, 0.3) is 0 Å². The van der Waals surface area contributed by atoms with Crippen LogP contribution >= 0.6 is 11.3 Å². The topological polar surface area (TPSA) is 72.2 Å². The van der Waals surface area contributed by atoms with E-state index < -0.39 is 0 Å². The molecule has 0 spiro atoms. The first kappa shape index (κ1) is 20.7. The van der Waals surface area contributed by atoms with Gasteiger partial charge in [-0.25, -0.2) is 9.78 Å². The van der Waals surface area contributed by atoms with Crippen LogP contribution in [-0.2, 0) is 37.9 Å². The smallest absolute Gasteiger partial charge is 0.302 e. The van der Waals surface area contributed by atoms with E-state index in [1.54, 1.807) is 27.5 Å². The Labute approximate surface area is 189 Å². The normalized spacial score (nSPS) is 13.9. The molecule has 5 rings (SSSR count). The number of para-hydroxylation sites is 2. The highest BCUT2D eigenvalue weighted by Crippen LogP contribution is 2.29. The number of thiazole rings is 1. The number of carbonyl (C=O) groups excluding carboxylic acids is 1. The van der Waals surface area contributed by atoms with Gasteiger partial charge in [0.05, 0.1) is 16.7 Å². The number of amides is 1. The van der Waals surface area contributed by atoms with E-state index in [4.69, 9.17) is 0 Å². The SMILES string of the molecule is Cn1c(=O)n(CCC(=O)Nc2nc3c(s2)CN(Cc2ccccc2)CC3)c2ccccc21. The van der Waals surface area contributed by atoms with E-state index in [0.717, 1.165) is 42.8 Å². The molecule has 164 valence electrons. The van der Waals surface area contributed by atoms with Crippen LogP contribution in [0.2, 0.25) is 0 Å². The lowest BCUT2D eigenvalue weighted by molar-refractivity contribution is -0.116. The van der Waals surface area contributed by atoms with Crippen LogP contribution in [0.15, 0.2) is 59.4 Å². The maximum atomic E-state index is 12.6. The second-order valence-corrected chi connectivity index (χ2v) is 9.20. The summed E-state index contributed by atoms with van der Waals surface area (Å²) in [7, 11) is 1.75. The zero-order valence-electron chi connectivity index (χ0n) is 18.0. The van der Waals surface area contributed by atoms with Crippen molar-refractivity contribution in [2.45, 2.75) is 32.5 Å². The molecule has 7 nitrogen and oxygen atoms in total. The first-order valence-corrected chi connectivity index (χ1v) is 11.6. The Kier molecular flexibility index (Phi) is 5.63. The van der Waals surface area contributed by atoms with Crippen LogP contribution in [0.1, 0.15) is 22.6 Å². The minimum atomic E-state index is -0.128. The van der Waals surface area contributed by atoms with Crippen molar-refractivity contribution in [3.05, 3.63) is 81.2 Å². The van der Waals surface area contributed by atoms with Crippen LogP contribution < -0.4 is 11.0 Å². The first-order chi connectivity index (χ1) is 15.6. The molecule has 2 aromatic heterocycles. The van der Waals surface area contributed by atoms with Crippen molar-refractivity contribution in [3.8, 4) is 0 Å². The lowest BCUT2D eigenvalue weighted by atomic mass is 10.1. The molecule has 1 aliphatic heterocycles. The van der Waals surface area contributed by atoms with Crippen molar-refractivity contribution < 1.29 is 4.79 Å². The summed E-state index contributed by atoms with van der Waals surface area (Å²) in [6.07, 6.45) is 1.11. The monoisotopic (exact) mass is 447 g/mol. The van der Waals surface area contributed by atoms with Crippen molar-refractivity contribution in [2.75, 3.05) is 11.9 Å². The van der Waals surface area contributed by atoms with E-state index in [-0.39, 0.29) is 18.0 Å². The quantitative estimate of drug-likeness (QED) is 0.492. The largest absolute Gasteiger partial charge is 0.328 e. The zero-order valence-corrected chi connectivity index (χ0v) is 18.8. The van der Waals surface area contributed by atoms with E-state index in [9.17, 15) is 9.59 Å². The molecular formula is C24H25N5O2S. The number of anilines is 1. The van der Waals surface area contributed by atoms with E-state index in [0.29, 0.717) is 11.7 Å². The van der Waals surface area contributed by atoms with Crippen molar-refractivity contribution >= 4 is 33.4 Å². The third-order valence-corrected chi connectivity index (χ3v) is 6.92. The Morgan fingerprint density at radius 1 is 1.09 bits per heavy atom. The van der Waals surface area contributed by atoms with Gasteiger partial charge in [0.1, 0.15) is 0 Å². The standard InChI is InChI=1S/C24H25N5O2S/c1-27-19-9-5-6-10-20(19)29(24(27)31)14-12-22(30)26-23-25-18-11-13-28(16-21(18)32-23)15-17-7-3-2-4-8-17/h2-10H,11-16H2,1H3,(H,25,26,30). The fourth-order valence-electron chi connectivity index (χ4n) is 4.25. The average Bonchev–Trinajstić information content (AvgIpc) is 3.31. The molecular weight excluding hydrogens is 422 g/mol. The van der Waals surface area contributed by atoms with Crippen LogP contribution in [0.3, 0.4) is 0 Å². The molecule has 2 aromatic carbocycles. The molecule has 0 unspecified atom stereocenters. The van der Waals surface area contributed by atoms with Crippen LogP contribution in [0.5, 0.6) is 0 Å². The number of carbonyl (C=O) groups is 1. The predicted octanol–water partition coefficient (Wildman–Crippen LogP) is 3.38. The summed E-state index contributed by atoms with van der Waals surface area (Å²) in [5, 5.41) is 3.58. The third-order valence-electron chi connectivity index (χ3n) is 5.92. The third kappa shape index (κ3) is 4.11. The molecule has 8 heteroatoms. The van der Waals surface area contributed by atoms with Gasteiger partial charge < -0.3 is 5.32 Å². The predicted molar refractivity (Wildman–Crippen MR) is 127 cm³/mol. The summed E-state index contributed by atoms with van der Waals surface area (Å²) in [4.78, 5) is 33.4. The lowest BCUT2D eigenvalue weighted by Crippen LogP contribution is -2.29. The van der Waals surface area contributed by atoms with Gasteiger partial charge >= 0.3 is 5.69 Å². The summed E-state index contributed by atoms with van der Waals surface area (Å²) < 4.78 is 3.27. The number of fused-ring (bicyclic) bond motifs is 2. The molecule has 0 fully saturated rings. The number of nitrogens with zero attached hydrogens (tertiary/aromatic N) is 4. The van der Waals surface area contributed by atoms with E-state index in [1.165, 1.54) is 10.4 Å². The number of benzene rings is 2. The van der Waals surface area contributed by atoms with E-state index >= 15 is 0 Å². The second-order valence-electron chi connectivity index (χ2n) is 8.12. The van der Waals surface area contributed by atoms with Crippen molar-refractivity contribution in [1.82, 2.24) is 19.0 Å². The minimum Gasteiger partial charge on any atom is -0.302 e. The van der Waals surface area contributed by atoms with Crippen molar-refractivity contribution in [1.29, 1.82) is 0 Å². The molecule has 1 amide bonds. The number of rotatable bonds is 6. The van der Waals surface area contributed by atoms with Gasteiger partial charge in [-0.05, 0) is 17.7 Å². The van der Waals surface area contributed by atoms with Crippen molar-refractivity contribution in [3.63, 3.8) is 0 Å². The van der Waals surface area contributed by atoms with Crippen LogP contribution in [0.4, 0.5) is 5.13 Å². The van der Waals surface area contributed by atoms with Gasteiger partial charge in [0.2, 0.25) is 5.91 Å². The molecule has 0 bridgehead atoms. The highest BCUT2D eigenvalue weighted by Gasteiger charge is 2.21. The van der Waals surface area contributed by atoms with Gasteiger partial charge in [-0.1, -0.05) is 42.5 Å². The Morgan fingerprint density at radius 2 is 1.84 bits per heavy atom. The number of aromatic nitrogens is 3. The zero-order chi connectivity index (χ0) is 22.1. The molecule has 0 radical (unpaired) electrons. The first-order valence-electron chi connectivity index (χ1n) is 10.8. The van der Waals surface area contributed by atoms with Gasteiger partial charge in [-0.15, -0.1) is 11.3 Å². The fourth-order valence-corrected chi connectivity index (χ4v) is 5.32. The van der Waals surface area contributed by atoms with E-state index in [2.05, 4.69) is 39.5 Å². The molecule has 0 saturated heterocycles. The van der Waals surface area contributed by atoms with Gasteiger partial charge in [0, 0.05) is 50.9 Å². The van der Waals surface area contributed by atoms with Gasteiger partial charge in [-0.2, -0.15) is 0 Å². The summed E-state index contributed by atoms with van der Waals surface area (Å²) in [6, 6.07) is 18.1. The van der Waals surface area contributed by atoms with Crippen molar-refractivity contribution in [2.24, 2.45) is 7.05 Å². The Hall–Kier alpha value is -3.23. The number of nitrogens with one attached hydrogen (secondary N) is 1. The molecule has 0 aliphatic carbocycles. The molecule has 0 saturated carbocycles. The summed E-state index contributed by atoms with van der Waals surface area (Å²) in [6.45, 7) is 3.06. The molecule has 3 heterocycles. The highest BCUT2D eigenvalue weighted by atomic mass is 32.1. The number of imidazole rings is 1. The Bertz CT molecular complexity index is 1320. The molecule has 1 N–H and O–H groups in total. The molecule has 4 aromatic rings. The number of hydrogen-bond acceptors (Lipinski definition) is 5. The maximum absolute atomic E-state index is 12.6. The second kappa shape index (κ2) is 8.72. The summed E-state index contributed by atoms with van der Waals surface area (Å²) >= 11 is 1.55. The highest BCUT2D eigenvalue weighted by molar-refractivity contribution is 7.15.